The standard InChI is InChI=1S/C15H18ClFN2O5/c1-5-23-15(21)24-12-7-11(10(17)6-9(12)16)18-14(20)19-13(22-4)8(2)3/h6-8H,5H2,1-4H3,(H,18,20). The van der Waals surface area contributed by atoms with E-state index in [-0.39, 0.29) is 34.9 Å². The number of rotatable bonds is 4. The number of urea groups is 1. The molecular weight excluding hydrogens is 343 g/mol. The number of nitrogens with one attached hydrogen (secondary N) is 1. The molecule has 0 spiro atoms. The summed E-state index contributed by atoms with van der Waals surface area (Å²) in [5, 5.41) is 2.08. The van der Waals surface area contributed by atoms with E-state index in [2.05, 4.69) is 15.0 Å². The van der Waals surface area contributed by atoms with Crippen molar-refractivity contribution in [2.45, 2.75) is 20.8 Å². The van der Waals surface area contributed by atoms with Crippen molar-refractivity contribution >= 4 is 35.4 Å². The van der Waals surface area contributed by atoms with Gasteiger partial charge in [-0.15, -0.1) is 0 Å². The highest BCUT2D eigenvalue weighted by Crippen LogP contribution is 2.31. The molecule has 7 nitrogen and oxygen atoms in total. The SMILES string of the molecule is CCOC(=O)Oc1cc(NC(=O)N=C(OC)C(C)C)c(F)cc1Cl. The third kappa shape index (κ3) is 5.69. The van der Waals surface area contributed by atoms with E-state index in [0.717, 1.165) is 12.1 Å². The van der Waals surface area contributed by atoms with E-state index in [4.69, 9.17) is 21.1 Å². The highest BCUT2D eigenvalue weighted by atomic mass is 35.5. The molecule has 0 heterocycles. The Bertz CT molecular complexity index is 649. The number of ether oxygens (including phenoxy) is 3. The van der Waals surface area contributed by atoms with Crippen LogP contribution in [-0.2, 0) is 9.47 Å². The summed E-state index contributed by atoms with van der Waals surface area (Å²) in [6.07, 6.45) is -0.997. The van der Waals surface area contributed by atoms with Gasteiger partial charge in [0.1, 0.15) is 5.82 Å². The Morgan fingerprint density at radius 2 is 2.04 bits per heavy atom. The lowest BCUT2D eigenvalue weighted by Gasteiger charge is -2.11. The van der Waals surface area contributed by atoms with Crippen LogP contribution in [0.15, 0.2) is 17.1 Å². The molecule has 1 aromatic rings. The fraction of sp³-hybridized carbons (Fsp3) is 0.400. The minimum Gasteiger partial charge on any atom is -0.484 e. The van der Waals surface area contributed by atoms with E-state index < -0.39 is 18.0 Å². The number of amides is 2. The van der Waals surface area contributed by atoms with Gasteiger partial charge in [-0.2, -0.15) is 4.99 Å². The number of methoxy groups -OCH3 is 1. The molecule has 0 saturated carbocycles. The zero-order valence-corrected chi connectivity index (χ0v) is 14.4. The Balaban J connectivity index is 2.99. The van der Waals surface area contributed by atoms with Crippen LogP contribution < -0.4 is 10.1 Å². The second-order valence-electron chi connectivity index (χ2n) is 4.79. The Morgan fingerprint density at radius 1 is 1.38 bits per heavy atom. The first kappa shape index (κ1) is 19.7. The number of carbonyl (C=O) groups excluding carboxylic acids is 2. The molecule has 132 valence electrons. The summed E-state index contributed by atoms with van der Waals surface area (Å²) in [6.45, 7) is 5.26. The van der Waals surface area contributed by atoms with Gasteiger partial charge in [0.25, 0.3) is 0 Å². The van der Waals surface area contributed by atoms with Gasteiger partial charge >= 0.3 is 12.2 Å². The first-order valence-corrected chi connectivity index (χ1v) is 7.43. The lowest BCUT2D eigenvalue weighted by atomic mass is 10.2. The third-order valence-electron chi connectivity index (χ3n) is 2.63. The highest BCUT2D eigenvalue weighted by Gasteiger charge is 2.16. The summed E-state index contributed by atoms with van der Waals surface area (Å²) in [7, 11) is 1.38. The first-order valence-electron chi connectivity index (χ1n) is 7.05. The van der Waals surface area contributed by atoms with E-state index in [0.29, 0.717) is 0 Å². The molecule has 24 heavy (non-hydrogen) atoms. The minimum atomic E-state index is -0.997. The summed E-state index contributed by atoms with van der Waals surface area (Å²) in [6, 6.07) is 1.11. The van der Waals surface area contributed by atoms with Crippen LogP contribution in [0.25, 0.3) is 0 Å². The summed E-state index contributed by atoms with van der Waals surface area (Å²) in [5.74, 6) is -0.918. The Morgan fingerprint density at radius 3 is 2.58 bits per heavy atom. The molecule has 0 atom stereocenters. The Kier molecular flexibility index (Phi) is 7.44. The second-order valence-corrected chi connectivity index (χ2v) is 5.19. The molecule has 0 aliphatic rings. The maximum Gasteiger partial charge on any atom is 0.513 e. The maximum atomic E-state index is 13.9. The number of nitrogens with zero attached hydrogens (tertiary/aromatic N) is 1. The monoisotopic (exact) mass is 360 g/mol. The molecular formula is C15H18ClFN2O5. The van der Waals surface area contributed by atoms with Crippen molar-refractivity contribution in [1.29, 1.82) is 0 Å². The molecule has 1 rings (SSSR count). The van der Waals surface area contributed by atoms with Gasteiger partial charge in [0.05, 0.1) is 24.4 Å². The molecule has 0 aromatic heterocycles. The molecule has 0 radical (unpaired) electrons. The van der Waals surface area contributed by atoms with Gasteiger partial charge in [-0.05, 0) is 13.0 Å². The zero-order chi connectivity index (χ0) is 18.3. The normalized spacial score (nSPS) is 11.2. The number of hydrogen-bond donors (Lipinski definition) is 1. The van der Waals surface area contributed by atoms with Crippen LogP contribution >= 0.6 is 11.6 Å². The van der Waals surface area contributed by atoms with Crippen LogP contribution in [0.4, 0.5) is 19.7 Å². The summed E-state index contributed by atoms with van der Waals surface area (Å²) in [4.78, 5) is 26.9. The average molecular weight is 361 g/mol. The Labute approximate surface area is 143 Å². The van der Waals surface area contributed by atoms with Crippen LogP contribution in [0.1, 0.15) is 20.8 Å². The van der Waals surface area contributed by atoms with Crippen molar-refractivity contribution in [3.63, 3.8) is 0 Å². The average Bonchev–Trinajstić information content (AvgIpc) is 2.49. The summed E-state index contributed by atoms with van der Waals surface area (Å²) < 4.78 is 28.3. The summed E-state index contributed by atoms with van der Waals surface area (Å²) in [5.41, 5.74) is -0.258. The molecule has 0 bridgehead atoms. The van der Waals surface area contributed by atoms with Gasteiger partial charge in [-0.3, -0.25) is 0 Å². The zero-order valence-electron chi connectivity index (χ0n) is 13.7. The van der Waals surface area contributed by atoms with E-state index in [1.165, 1.54) is 7.11 Å². The number of benzene rings is 1. The van der Waals surface area contributed by atoms with Gasteiger partial charge in [-0.1, -0.05) is 25.4 Å². The predicted octanol–water partition coefficient (Wildman–Crippen LogP) is 4.25. The van der Waals surface area contributed by atoms with Gasteiger partial charge in [-0.25, -0.2) is 14.0 Å². The highest BCUT2D eigenvalue weighted by molar-refractivity contribution is 6.32. The van der Waals surface area contributed by atoms with Crippen molar-refractivity contribution in [1.82, 2.24) is 0 Å². The molecule has 0 aliphatic heterocycles. The van der Waals surface area contributed by atoms with Gasteiger partial charge in [0, 0.05) is 12.0 Å². The van der Waals surface area contributed by atoms with E-state index >= 15 is 0 Å². The van der Waals surface area contributed by atoms with Gasteiger partial charge < -0.3 is 19.5 Å². The molecule has 1 aromatic carbocycles. The lowest BCUT2D eigenvalue weighted by Crippen LogP contribution is -2.16. The minimum absolute atomic E-state index is 0.102. The predicted molar refractivity (Wildman–Crippen MR) is 87.4 cm³/mol. The molecule has 9 heteroatoms. The fourth-order valence-electron chi connectivity index (χ4n) is 1.59. The number of anilines is 1. The third-order valence-corrected chi connectivity index (χ3v) is 2.93. The lowest BCUT2D eigenvalue weighted by molar-refractivity contribution is 0.104. The Hall–Kier alpha value is -2.35. The number of aliphatic imine (C=N–C) groups is 1. The first-order chi connectivity index (χ1) is 11.3. The van der Waals surface area contributed by atoms with Crippen LogP contribution in [0.3, 0.4) is 0 Å². The number of carbonyl (C=O) groups is 2. The fourth-order valence-corrected chi connectivity index (χ4v) is 1.78. The molecule has 1 N–H and O–H groups in total. The van der Waals surface area contributed by atoms with E-state index in [1.807, 2.05) is 0 Å². The smallest absolute Gasteiger partial charge is 0.484 e. The van der Waals surface area contributed by atoms with Gasteiger partial charge in [0.15, 0.2) is 11.6 Å². The molecule has 0 aliphatic carbocycles. The van der Waals surface area contributed by atoms with Crippen molar-refractivity contribution in [3.05, 3.63) is 23.0 Å². The quantitative estimate of drug-likeness (QED) is 0.375. The largest absolute Gasteiger partial charge is 0.513 e. The molecule has 0 saturated heterocycles. The van der Waals surface area contributed by atoms with Crippen molar-refractivity contribution < 1.29 is 28.2 Å². The number of hydrogen-bond acceptors (Lipinski definition) is 5. The molecule has 0 fully saturated rings. The van der Waals surface area contributed by atoms with Gasteiger partial charge in [0.2, 0.25) is 0 Å². The molecule has 2 amide bonds. The number of halogens is 2. The maximum absolute atomic E-state index is 13.9. The van der Waals surface area contributed by atoms with Crippen LogP contribution in [-0.4, -0.2) is 31.8 Å². The van der Waals surface area contributed by atoms with Crippen molar-refractivity contribution in [2.75, 3.05) is 19.0 Å². The van der Waals surface area contributed by atoms with Crippen molar-refractivity contribution in [3.8, 4) is 5.75 Å². The van der Waals surface area contributed by atoms with Crippen LogP contribution in [0.5, 0.6) is 5.75 Å². The topological polar surface area (TPSA) is 86.2 Å². The van der Waals surface area contributed by atoms with Crippen molar-refractivity contribution in [2.24, 2.45) is 10.9 Å². The van der Waals surface area contributed by atoms with Crippen LogP contribution in [0, 0.1) is 11.7 Å². The molecule has 0 unspecified atom stereocenters. The second kappa shape index (κ2) is 9.07. The van der Waals surface area contributed by atoms with E-state index in [1.54, 1.807) is 20.8 Å². The summed E-state index contributed by atoms with van der Waals surface area (Å²) >= 11 is 5.80. The van der Waals surface area contributed by atoms with E-state index in [9.17, 15) is 14.0 Å². The van der Waals surface area contributed by atoms with Crippen LogP contribution in [0.2, 0.25) is 5.02 Å².